The maximum atomic E-state index is 13.2. The standard InChI is InChI=1S/C21H20N6O3/c1-21-10-6-19(29)26(21)15-5-3-2-4-14(15)20(30)25(21)13-9-18(28)24-17-7-11-22-16-8-12-23-27(16)17/h2-5,7-8,11-12H,6,9-10,13H2,1H3,(H,24,28). The van der Waals surface area contributed by atoms with Crippen LogP contribution in [0.25, 0.3) is 5.65 Å². The maximum Gasteiger partial charge on any atom is 0.257 e. The van der Waals surface area contributed by atoms with Crippen LogP contribution < -0.4 is 10.2 Å². The Morgan fingerprint density at radius 3 is 2.87 bits per heavy atom. The van der Waals surface area contributed by atoms with Crippen molar-refractivity contribution in [3.63, 3.8) is 0 Å². The van der Waals surface area contributed by atoms with Crippen molar-refractivity contribution in [2.24, 2.45) is 0 Å². The molecule has 0 spiro atoms. The summed E-state index contributed by atoms with van der Waals surface area (Å²) in [4.78, 5) is 46.0. The van der Waals surface area contributed by atoms with Crippen LogP contribution in [0.2, 0.25) is 0 Å². The fourth-order valence-electron chi connectivity index (χ4n) is 4.39. The minimum absolute atomic E-state index is 0.00948. The molecule has 1 saturated heterocycles. The second kappa shape index (κ2) is 6.65. The Morgan fingerprint density at radius 2 is 2.00 bits per heavy atom. The summed E-state index contributed by atoms with van der Waals surface area (Å²) in [6.07, 6.45) is 4.20. The number of nitrogens with zero attached hydrogens (tertiary/aromatic N) is 5. The summed E-state index contributed by atoms with van der Waals surface area (Å²) in [7, 11) is 0. The minimum Gasteiger partial charge on any atom is -0.315 e. The lowest BCUT2D eigenvalue weighted by molar-refractivity contribution is -0.117. The summed E-state index contributed by atoms with van der Waals surface area (Å²) < 4.78 is 1.54. The molecule has 1 unspecified atom stereocenters. The number of carbonyl (C=O) groups excluding carboxylic acids is 3. The fraction of sp³-hybridized carbons (Fsp3) is 0.286. The van der Waals surface area contributed by atoms with Crippen molar-refractivity contribution in [1.82, 2.24) is 19.5 Å². The van der Waals surface area contributed by atoms with Gasteiger partial charge in [0.25, 0.3) is 5.91 Å². The van der Waals surface area contributed by atoms with Gasteiger partial charge in [0.05, 0.1) is 17.4 Å². The quantitative estimate of drug-likeness (QED) is 0.717. The number of para-hydroxylation sites is 1. The zero-order valence-electron chi connectivity index (χ0n) is 16.4. The highest BCUT2D eigenvalue weighted by molar-refractivity contribution is 6.10. The number of nitrogens with one attached hydrogen (secondary N) is 1. The molecule has 0 saturated carbocycles. The second-order valence-corrected chi connectivity index (χ2v) is 7.65. The van der Waals surface area contributed by atoms with E-state index in [0.29, 0.717) is 35.6 Å². The van der Waals surface area contributed by atoms with Crippen LogP contribution in [0, 0.1) is 0 Å². The zero-order valence-corrected chi connectivity index (χ0v) is 16.4. The molecule has 30 heavy (non-hydrogen) atoms. The summed E-state index contributed by atoms with van der Waals surface area (Å²) in [6, 6.07) is 10.5. The first-order chi connectivity index (χ1) is 14.5. The number of fused-ring (bicyclic) bond motifs is 4. The van der Waals surface area contributed by atoms with Gasteiger partial charge >= 0.3 is 0 Å². The number of rotatable bonds is 4. The van der Waals surface area contributed by atoms with Crippen LogP contribution in [0.5, 0.6) is 0 Å². The molecule has 2 aliphatic heterocycles. The van der Waals surface area contributed by atoms with Crippen LogP contribution in [0.15, 0.2) is 48.8 Å². The predicted octanol–water partition coefficient (Wildman–Crippen LogP) is 2.06. The monoisotopic (exact) mass is 404 g/mol. The van der Waals surface area contributed by atoms with Crippen molar-refractivity contribution in [3.8, 4) is 0 Å². The first-order valence-corrected chi connectivity index (χ1v) is 9.82. The molecule has 0 bridgehead atoms. The predicted molar refractivity (Wildman–Crippen MR) is 109 cm³/mol. The van der Waals surface area contributed by atoms with Crippen molar-refractivity contribution >= 4 is 34.9 Å². The summed E-state index contributed by atoms with van der Waals surface area (Å²) in [5, 5.41) is 6.98. The molecule has 0 radical (unpaired) electrons. The Labute approximate surface area is 172 Å². The van der Waals surface area contributed by atoms with Gasteiger partial charge in [-0.2, -0.15) is 9.61 Å². The lowest BCUT2D eigenvalue weighted by Gasteiger charge is -2.48. The molecule has 0 aliphatic carbocycles. The van der Waals surface area contributed by atoms with E-state index in [4.69, 9.17) is 0 Å². The molecule has 3 amide bonds. The molecular weight excluding hydrogens is 384 g/mol. The topological polar surface area (TPSA) is 99.9 Å². The van der Waals surface area contributed by atoms with E-state index < -0.39 is 5.66 Å². The highest BCUT2D eigenvalue weighted by Gasteiger charge is 2.52. The molecule has 2 aromatic heterocycles. The summed E-state index contributed by atoms with van der Waals surface area (Å²) in [5.74, 6) is 0.0910. The van der Waals surface area contributed by atoms with Gasteiger partial charge in [0.15, 0.2) is 5.65 Å². The third-order valence-electron chi connectivity index (χ3n) is 5.87. The van der Waals surface area contributed by atoms with Crippen LogP contribution in [0.1, 0.15) is 36.5 Å². The molecule has 1 N–H and O–H groups in total. The van der Waals surface area contributed by atoms with Crippen LogP contribution in [-0.4, -0.2) is 49.4 Å². The number of anilines is 2. The molecule has 9 nitrogen and oxygen atoms in total. The van der Waals surface area contributed by atoms with E-state index in [0.717, 1.165) is 0 Å². The van der Waals surface area contributed by atoms with Crippen molar-refractivity contribution in [3.05, 3.63) is 54.4 Å². The van der Waals surface area contributed by atoms with Gasteiger partial charge < -0.3 is 10.2 Å². The molecule has 1 aromatic carbocycles. The number of aromatic nitrogens is 3. The normalized spacial score (nSPS) is 20.4. The number of hydrogen-bond acceptors (Lipinski definition) is 5. The Morgan fingerprint density at radius 1 is 1.17 bits per heavy atom. The van der Waals surface area contributed by atoms with E-state index in [9.17, 15) is 14.4 Å². The zero-order chi connectivity index (χ0) is 20.9. The van der Waals surface area contributed by atoms with Crippen LogP contribution in [-0.2, 0) is 9.59 Å². The lowest BCUT2D eigenvalue weighted by Crippen LogP contribution is -2.62. The van der Waals surface area contributed by atoms with Crippen molar-refractivity contribution in [2.75, 3.05) is 16.8 Å². The molecule has 4 heterocycles. The van der Waals surface area contributed by atoms with Gasteiger partial charge in [-0.3, -0.25) is 19.3 Å². The molecule has 2 aliphatic rings. The average Bonchev–Trinajstić information content (AvgIpc) is 3.33. The van der Waals surface area contributed by atoms with Gasteiger partial charge in [0.1, 0.15) is 11.5 Å². The smallest absolute Gasteiger partial charge is 0.257 e. The van der Waals surface area contributed by atoms with E-state index in [1.54, 1.807) is 57.0 Å². The van der Waals surface area contributed by atoms with E-state index in [2.05, 4.69) is 15.4 Å². The van der Waals surface area contributed by atoms with Crippen molar-refractivity contribution < 1.29 is 14.4 Å². The minimum atomic E-state index is -0.769. The average molecular weight is 404 g/mol. The van der Waals surface area contributed by atoms with Crippen molar-refractivity contribution in [1.29, 1.82) is 0 Å². The second-order valence-electron chi connectivity index (χ2n) is 7.65. The first kappa shape index (κ1) is 18.3. The van der Waals surface area contributed by atoms with Crippen LogP contribution in [0.4, 0.5) is 11.5 Å². The maximum absolute atomic E-state index is 13.2. The third-order valence-corrected chi connectivity index (χ3v) is 5.87. The Hall–Kier alpha value is -3.75. The van der Waals surface area contributed by atoms with E-state index >= 15 is 0 Å². The molecule has 3 aromatic rings. The Kier molecular flexibility index (Phi) is 4.05. The Bertz CT molecular complexity index is 1190. The highest BCUT2D eigenvalue weighted by atomic mass is 16.2. The molecule has 1 atom stereocenters. The van der Waals surface area contributed by atoms with E-state index in [-0.39, 0.29) is 30.7 Å². The fourth-order valence-corrected chi connectivity index (χ4v) is 4.39. The molecule has 1 fully saturated rings. The number of hydrogen-bond donors (Lipinski definition) is 1. The molecular formula is C21H20N6O3. The number of benzene rings is 1. The van der Waals surface area contributed by atoms with Gasteiger partial charge in [-0.25, -0.2) is 4.98 Å². The molecule has 152 valence electrons. The first-order valence-electron chi connectivity index (χ1n) is 9.82. The van der Waals surface area contributed by atoms with Crippen LogP contribution >= 0.6 is 0 Å². The molecule has 5 rings (SSSR count). The lowest BCUT2D eigenvalue weighted by atomic mass is 9.98. The van der Waals surface area contributed by atoms with Crippen molar-refractivity contribution in [2.45, 2.75) is 31.8 Å². The number of amides is 3. The summed E-state index contributed by atoms with van der Waals surface area (Å²) >= 11 is 0. The summed E-state index contributed by atoms with van der Waals surface area (Å²) in [5.41, 5.74) is 0.988. The third kappa shape index (κ3) is 2.66. The van der Waals surface area contributed by atoms with Crippen LogP contribution in [0.3, 0.4) is 0 Å². The summed E-state index contributed by atoms with van der Waals surface area (Å²) in [6.45, 7) is 2.09. The SMILES string of the molecule is CC12CCC(=O)N1c1ccccc1C(=O)N2CCC(=O)Nc1ccnc2ccnn12. The molecule has 9 heteroatoms. The highest BCUT2D eigenvalue weighted by Crippen LogP contribution is 2.43. The Balaban J connectivity index is 1.38. The van der Waals surface area contributed by atoms with E-state index in [1.165, 1.54) is 0 Å². The van der Waals surface area contributed by atoms with Gasteiger partial charge in [-0.05, 0) is 31.5 Å². The largest absolute Gasteiger partial charge is 0.315 e. The van der Waals surface area contributed by atoms with E-state index in [1.807, 2.05) is 13.0 Å². The van der Waals surface area contributed by atoms with Gasteiger partial charge in [0, 0.05) is 31.6 Å². The van der Waals surface area contributed by atoms with Gasteiger partial charge in [-0.1, -0.05) is 12.1 Å². The number of carbonyl (C=O) groups is 3. The van der Waals surface area contributed by atoms with Gasteiger partial charge in [-0.15, -0.1) is 0 Å². The van der Waals surface area contributed by atoms with Gasteiger partial charge in [0.2, 0.25) is 11.8 Å².